The van der Waals surface area contributed by atoms with Gasteiger partial charge in [-0.05, 0) is 23.8 Å². The van der Waals surface area contributed by atoms with Gasteiger partial charge in [0, 0.05) is 18.9 Å². The van der Waals surface area contributed by atoms with Gasteiger partial charge in [0.1, 0.15) is 11.8 Å². The van der Waals surface area contributed by atoms with Crippen LogP contribution in [0.1, 0.15) is 11.1 Å². The molecule has 2 rings (SSSR count). The van der Waals surface area contributed by atoms with Crippen molar-refractivity contribution in [2.45, 2.75) is 6.54 Å². The van der Waals surface area contributed by atoms with E-state index < -0.39 is 0 Å². The van der Waals surface area contributed by atoms with Gasteiger partial charge < -0.3 is 15.0 Å². The van der Waals surface area contributed by atoms with Crippen LogP contribution in [0.3, 0.4) is 0 Å². The molecule has 1 aromatic heterocycles. The lowest BCUT2D eigenvalue weighted by Gasteiger charge is -2.07. The highest BCUT2D eigenvalue weighted by Crippen LogP contribution is 2.16. The maximum Gasteiger partial charge on any atom is 0.258 e. The second-order valence-electron chi connectivity index (χ2n) is 3.89. The first-order valence-corrected chi connectivity index (χ1v) is 5.80. The molecule has 0 aliphatic rings. The second-order valence-corrected chi connectivity index (χ2v) is 3.89. The molecule has 0 saturated heterocycles. The number of nitrogens with one attached hydrogen (secondary N) is 2. The van der Waals surface area contributed by atoms with Crippen molar-refractivity contribution in [1.82, 2.24) is 10.3 Å². The van der Waals surface area contributed by atoms with Gasteiger partial charge in [0.2, 0.25) is 0 Å². The summed E-state index contributed by atoms with van der Waals surface area (Å²) in [4.78, 5) is 14.5. The molecule has 19 heavy (non-hydrogen) atoms. The number of para-hydroxylation sites is 1. The van der Waals surface area contributed by atoms with Crippen LogP contribution in [0.25, 0.3) is 0 Å². The summed E-state index contributed by atoms with van der Waals surface area (Å²) in [5, 5.41) is 11.6. The van der Waals surface area contributed by atoms with E-state index in [1.807, 2.05) is 18.3 Å². The number of H-pyrrole nitrogens is 1. The number of aromatic nitrogens is 1. The molecular weight excluding hydrogens is 242 g/mol. The third-order valence-electron chi connectivity index (χ3n) is 2.52. The van der Waals surface area contributed by atoms with Crippen molar-refractivity contribution >= 4 is 5.91 Å². The molecule has 0 aliphatic heterocycles. The molecule has 0 bridgehead atoms. The first kappa shape index (κ1) is 12.7. The summed E-state index contributed by atoms with van der Waals surface area (Å²) >= 11 is 0. The lowest BCUT2D eigenvalue weighted by Crippen LogP contribution is -2.28. The Morgan fingerprint density at radius 3 is 2.95 bits per heavy atom. The Bertz CT molecular complexity index is 585. The molecule has 2 N–H and O–H groups in total. The topological polar surface area (TPSA) is 77.9 Å². The monoisotopic (exact) mass is 255 g/mol. The van der Waals surface area contributed by atoms with Crippen molar-refractivity contribution in [3.63, 3.8) is 0 Å². The van der Waals surface area contributed by atoms with Gasteiger partial charge in [-0.3, -0.25) is 4.79 Å². The maximum atomic E-state index is 11.6. The van der Waals surface area contributed by atoms with E-state index in [0.717, 1.165) is 5.56 Å². The number of nitrogens with zero attached hydrogens (tertiary/aromatic N) is 1. The van der Waals surface area contributed by atoms with E-state index in [-0.39, 0.29) is 12.5 Å². The number of ether oxygens (including phenoxy) is 1. The van der Waals surface area contributed by atoms with Gasteiger partial charge in [0.15, 0.2) is 6.61 Å². The van der Waals surface area contributed by atoms with Crippen LogP contribution in [0, 0.1) is 11.3 Å². The molecule has 0 radical (unpaired) electrons. The third-order valence-corrected chi connectivity index (χ3v) is 2.52. The number of amides is 1. The van der Waals surface area contributed by atoms with Crippen molar-refractivity contribution in [3.8, 4) is 11.8 Å². The van der Waals surface area contributed by atoms with Gasteiger partial charge in [0.05, 0.1) is 5.56 Å². The van der Waals surface area contributed by atoms with E-state index in [1.54, 1.807) is 30.5 Å². The van der Waals surface area contributed by atoms with E-state index in [9.17, 15) is 4.79 Å². The fourth-order valence-electron chi connectivity index (χ4n) is 1.55. The first-order chi connectivity index (χ1) is 9.29. The van der Waals surface area contributed by atoms with Crippen LogP contribution in [0.4, 0.5) is 0 Å². The van der Waals surface area contributed by atoms with E-state index in [0.29, 0.717) is 17.9 Å². The zero-order valence-electron chi connectivity index (χ0n) is 10.2. The molecule has 5 nitrogen and oxygen atoms in total. The number of hydrogen-bond donors (Lipinski definition) is 2. The van der Waals surface area contributed by atoms with Crippen LogP contribution in [0.5, 0.6) is 5.75 Å². The summed E-state index contributed by atoms with van der Waals surface area (Å²) in [7, 11) is 0. The molecule has 0 atom stereocenters. The van der Waals surface area contributed by atoms with E-state index in [2.05, 4.69) is 10.3 Å². The van der Waals surface area contributed by atoms with Crippen LogP contribution in [-0.4, -0.2) is 17.5 Å². The molecule has 96 valence electrons. The Morgan fingerprint density at radius 1 is 1.37 bits per heavy atom. The Balaban J connectivity index is 1.82. The largest absolute Gasteiger partial charge is 0.482 e. The van der Waals surface area contributed by atoms with Gasteiger partial charge in [-0.25, -0.2) is 0 Å². The highest BCUT2D eigenvalue weighted by atomic mass is 16.5. The number of rotatable bonds is 5. The number of carbonyl (C=O) groups is 1. The smallest absolute Gasteiger partial charge is 0.258 e. The molecule has 5 heteroatoms. The molecule has 0 fully saturated rings. The Morgan fingerprint density at radius 2 is 2.21 bits per heavy atom. The lowest BCUT2D eigenvalue weighted by atomic mass is 10.2. The summed E-state index contributed by atoms with van der Waals surface area (Å²) in [5.41, 5.74) is 1.41. The molecule has 1 amide bonds. The van der Waals surface area contributed by atoms with Crippen molar-refractivity contribution in [3.05, 3.63) is 53.9 Å². The zero-order chi connectivity index (χ0) is 13.5. The van der Waals surface area contributed by atoms with Crippen LogP contribution in [0.2, 0.25) is 0 Å². The normalized spacial score (nSPS) is 9.63. The minimum atomic E-state index is -0.228. The Hall–Kier alpha value is -2.74. The molecule has 0 unspecified atom stereocenters. The Kier molecular flexibility index (Phi) is 4.19. The summed E-state index contributed by atoms with van der Waals surface area (Å²) < 4.78 is 5.32. The summed E-state index contributed by atoms with van der Waals surface area (Å²) in [6.07, 6.45) is 3.60. The van der Waals surface area contributed by atoms with Crippen molar-refractivity contribution in [1.29, 1.82) is 5.26 Å². The molecule has 0 saturated carbocycles. The Labute approximate surface area is 110 Å². The van der Waals surface area contributed by atoms with Crippen LogP contribution in [-0.2, 0) is 11.3 Å². The van der Waals surface area contributed by atoms with E-state index in [1.165, 1.54) is 0 Å². The van der Waals surface area contributed by atoms with Crippen LogP contribution >= 0.6 is 0 Å². The van der Waals surface area contributed by atoms with Crippen LogP contribution in [0.15, 0.2) is 42.7 Å². The van der Waals surface area contributed by atoms with Gasteiger partial charge in [-0.1, -0.05) is 12.1 Å². The van der Waals surface area contributed by atoms with Gasteiger partial charge in [-0.2, -0.15) is 5.26 Å². The maximum absolute atomic E-state index is 11.6. The molecule has 1 aromatic carbocycles. The average Bonchev–Trinajstić information content (AvgIpc) is 2.96. The first-order valence-electron chi connectivity index (χ1n) is 5.80. The number of hydrogen-bond acceptors (Lipinski definition) is 3. The molecule has 1 heterocycles. The quantitative estimate of drug-likeness (QED) is 0.851. The zero-order valence-corrected chi connectivity index (χ0v) is 10.2. The van der Waals surface area contributed by atoms with Crippen LogP contribution < -0.4 is 10.1 Å². The lowest BCUT2D eigenvalue weighted by molar-refractivity contribution is -0.123. The number of carbonyl (C=O) groups excluding carboxylic acids is 1. The minimum Gasteiger partial charge on any atom is -0.482 e. The third kappa shape index (κ3) is 3.61. The highest BCUT2D eigenvalue weighted by molar-refractivity contribution is 5.77. The standard InChI is InChI=1S/C14H13N3O2/c15-7-12-3-1-2-4-13(12)19-10-14(18)17-9-11-5-6-16-8-11/h1-6,8,16H,9-10H2,(H,17,18). The molecule has 0 aliphatic carbocycles. The predicted octanol–water partition coefficient (Wildman–Crippen LogP) is 1.58. The van der Waals surface area contributed by atoms with Gasteiger partial charge in [0.25, 0.3) is 5.91 Å². The van der Waals surface area contributed by atoms with Crippen molar-refractivity contribution < 1.29 is 9.53 Å². The molecule has 2 aromatic rings. The number of benzene rings is 1. The number of aromatic amines is 1. The summed E-state index contributed by atoms with van der Waals surface area (Å²) in [5.74, 6) is 0.190. The fourth-order valence-corrected chi connectivity index (χ4v) is 1.55. The van der Waals surface area contributed by atoms with E-state index in [4.69, 9.17) is 10.00 Å². The summed E-state index contributed by atoms with van der Waals surface area (Å²) in [6.45, 7) is 0.342. The second kappa shape index (κ2) is 6.26. The van der Waals surface area contributed by atoms with Crippen molar-refractivity contribution in [2.75, 3.05) is 6.61 Å². The fraction of sp³-hybridized carbons (Fsp3) is 0.143. The predicted molar refractivity (Wildman–Crippen MR) is 69.3 cm³/mol. The molecular formula is C14H13N3O2. The van der Waals surface area contributed by atoms with E-state index >= 15 is 0 Å². The van der Waals surface area contributed by atoms with Crippen molar-refractivity contribution in [2.24, 2.45) is 0 Å². The number of nitriles is 1. The SMILES string of the molecule is N#Cc1ccccc1OCC(=O)NCc1cc[nH]c1. The summed E-state index contributed by atoms with van der Waals surface area (Å²) in [6, 6.07) is 10.7. The van der Waals surface area contributed by atoms with Gasteiger partial charge >= 0.3 is 0 Å². The minimum absolute atomic E-state index is 0.108. The highest BCUT2D eigenvalue weighted by Gasteiger charge is 2.06. The van der Waals surface area contributed by atoms with Gasteiger partial charge in [-0.15, -0.1) is 0 Å². The average molecular weight is 255 g/mol. The molecule has 0 spiro atoms.